The Morgan fingerprint density at radius 2 is 1.80 bits per heavy atom. The number of benzene rings is 2. The van der Waals surface area contributed by atoms with Gasteiger partial charge in [0.15, 0.2) is 0 Å². The topological polar surface area (TPSA) is 66.5 Å². The zero-order valence-electron chi connectivity index (χ0n) is 13.2. The molecule has 1 N–H and O–H groups in total. The third kappa shape index (κ3) is 3.82. The summed E-state index contributed by atoms with van der Waals surface area (Å²) in [6, 6.07) is 12.1. The van der Waals surface area contributed by atoms with Crippen LogP contribution in [0.25, 0.3) is 0 Å². The van der Waals surface area contributed by atoms with Crippen molar-refractivity contribution in [2.24, 2.45) is 0 Å². The molecule has 1 heterocycles. The molecule has 0 bridgehead atoms. The van der Waals surface area contributed by atoms with Crippen LogP contribution in [0.1, 0.15) is 12.8 Å². The molecule has 132 valence electrons. The predicted octanol–water partition coefficient (Wildman–Crippen LogP) is 3.79. The van der Waals surface area contributed by atoms with Gasteiger partial charge in [0.1, 0.15) is 6.04 Å². The van der Waals surface area contributed by atoms with Gasteiger partial charge in [-0.2, -0.15) is 4.31 Å². The van der Waals surface area contributed by atoms with E-state index in [1.54, 1.807) is 30.3 Å². The maximum absolute atomic E-state index is 12.8. The van der Waals surface area contributed by atoms with Crippen molar-refractivity contribution in [3.05, 3.63) is 58.6 Å². The highest BCUT2D eigenvalue weighted by molar-refractivity contribution is 7.89. The molecule has 1 fully saturated rings. The number of nitrogens with one attached hydrogen (secondary N) is 1. The first-order valence-corrected chi connectivity index (χ1v) is 9.92. The molecule has 1 aliphatic heterocycles. The van der Waals surface area contributed by atoms with E-state index >= 15 is 0 Å². The van der Waals surface area contributed by atoms with Crippen molar-refractivity contribution in [3.8, 4) is 0 Å². The van der Waals surface area contributed by atoms with E-state index in [2.05, 4.69) is 5.32 Å². The number of rotatable bonds is 4. The molecular weight excluding hydrogens is 383 g/mol. The highest BCUT2D eigenvalue weighted by Crippen LogP contribution is 2.28. The molecule has 1 unspecified atom stereocenters. The van der Waals surface area contributed by atoms with Crippen LogP contribution in [0.2, 0.25) is 10.0 Å². The van der Waals surface area contributed by atoms with E-state index in [-0.39, 0.29) is 10.8 Å². The molecule has 8 heteroatoms. The fourth-order valence-corrected chi connectivity index (χ4v) is 4.79. The van der Waals surface area contributed by atoms with Gasteiger partial charge in [-0.15, -0.1) is 0 Å². The Labute approximate surface area is 156 Å². The number of nitrogens with zero attached hydrogens (tertiary/aromatic N) is 1. The lowest BCUT2D eigenvalue weighted by Gasteiger charge is -2.23. The van der Waals surface area contributed by atoms with E-state index in [9.17, 15) is 13.2 Å². The van der Waals surface area contributed by atoms with Crippen molar-refractivity contribution in [3.63, 3.8) is 0 Å². The molecule has 1 saturated heterocycles. The Hall–Kier alpha value is -1.60. The molecule has 1 aliphatic rings. The SMILES string of the molecule is O=C(Nc1ccc(Cl)c(Cl)c1)C1CCCN1S(=O)(=O)c1ccccc1. The van der Waals surface area contributed by atoms with E-state index in [1.165, 1.54) is 22.5 Å². The van der Waals surface area contributed by atoms with E-state index in [1.807, 2.05) is 0 Å². The average molecular weight is 399 g/mol. The molecule has 2 aromatic carbocycles. The molecule has 5 nitrogen and oxygen atoms in total. The Morgan fingerprint density at radius 3 is 2.48 bits per heavy atom. The summed E-state index contributed by atoms with van der Waals surface area (Å²) in [5, 5.41) is 3.42. The number of carbonyl (C=O) groups excluding carboxylic acids is 1. The van der Waals surface area contributed by atoms with Crippen LogP contribution in [-0.2, 0) is 14.8 Å². The van der Waals surface area contributed by atoms with Gasteiger partial charge in [0.2, 0.25) is 15.9 Å². The maximum Gasteiger partial charge on any atom is 0.243 e. The van der Waals surface area contributed by atoms with Crippen molar-refractivity contribution in [1.82, 2.24) is 4.31 Å². The molecule has 1 amide bonds. The van der Waals surface area contributed by atoms with Gasteiger partial charge in [-0.25, -0.2) is 8.42 Å². The van der Waals surface area contributed by atoms with Crippen molar-refractivity contribution in [1.29, 1.82) is 0 Å². The molecule has 3 rings (SSSR count). The number of carbonyl (C=O) groups is 1. The third-order valence-electron chi connectivity index (χ3n) is 4.04. The quantitative estimate of drug-likeness (QED) is 0.851. The molecule has 0 saturated carbocycles. The monoisotopic (exact) mass is 398 g/mol. The largest absolute Gasteiger partial charge is 0.325 e. The number of anilines is 1. The highest BCUT2D eigenvalue weighted by Gasteiger charge is 2.39. The molecule has 0 aliphatic carbocycles. The molecule has 25 heavy (non-hydrogen) atoms. The van der Waals surface area contributed by atoms with Crippen LogP contribution in [0.15, 0.2) is 53.4 Å². The smallest absolute Gasteiger partial charge is 0.243 e. The van der Waals surface area contributed by atoms with Crippen LogP contribution in [0.3, 0.4) is 0 Å². The molecule has 1 atom stereocenters. The lowest BCUT2D eigenvalue weighted by atomic mass is 10.2. The first-order chi connectivity index (χ1) is 11.9. The van der Waals surface area contributed by atoms with Crippen LogP contribution in [-0.4, -0.2) is 31.2 Å². The van der Waals surface area contributed by atoms with E-state index in [4.69, 9.17) is 23.2 Å². The minimum absolute atomic E-state index is 0.184. The highest BCUT2D eigenvalue weighted by atomic mass is 35.5. The lowest BCUT2D eigenvalue weighted by Crippen LogP contribution is -2.43. The van der Waals surface area contributed by atoms with Gasteiger partial charge in [0, 0.05) is 12.2 Å². The Kier molecular flexibility index (Phi) is 5.34. The van der Waals surface area contributed by atoms with Gasteiger partial charge in [-0.1, -0.05) is 41.4 Å². The summed E-state index contributed by atoms with van der Waals surface area (Å²) < 4.78 is 26.9. The van der Waals surface area contributed by atoms with Crippen LogP contribution < -0.4 is 5.32 Å². The number of hydrogen-bond acceptors (Lipinski definition) is 3. The minimum atomic E-state index is -3.71. The van der Waals surface area contributed by atoms with Crippen LogP contribution >= 0.6 is 23.2 Å². The van der Waals surface area contributed by atoms with Crippen LogP contribution in [0.4, 0.5) is 5.69 Å². The van der Waals surface area contributed by atoms with E-state index in [0.717, 1.165) is 0 Å². The average Bonchev–Trinajstić information content (AvgIpc) is 3.10. The van der Waals surface area contributed by atoms with Crippen LogP contribution in [0, 0.1) is 0 Å². The Morgan fingerprint density at radius 1 is 1.08 bits per heavy atom. The van der Waals surface area contributed by atoms with Gasteiger partial charge in [0.05, 0.1) is 14.9 Å². The molecule has 2 aromatic rings. The zero-order chi connectivity index (χ0) is 18.0. The summed E-state index contributed by atoms with van der Waals surface area (Å²) in [6.07, 6.45) is 1.10. The number of amides is 1. The minimum Gasteiger partial charge on any atom is -0.325 e. The Balaban J connectivity index is 1.81. The second kappa shape index (κ2) is 7.33. The third-order valence-corrected chi connectivity index (χ3v) is 6.70. The van der Waals surface area contributed by atoms with Crippen molar-refractivity contribution in [2.75, 3.05) is 11.9 Å². The lowest BCUT2D eigenvalue weighted by molar-refractivity contribution is -0.119. The number of sulfonamides is 1. The number of hydrogen-bond donors (Lipinski definition) is 1. The molecule has 0 spiro atoms. The summed E-state index contributed by atoms with van der Waals surface area (Å²) in [5.74, 6) is -0.379. The second-order valence-electron chi connectivity index (χ2n) is 5.70. The normalized spacial score (nSPS) is 18.2. The summed E-state index contributed by atoms with van der Waals surface area (Å²) in [5.41, 5.74) is 0.475. The predicted molar refractivity (Wildman–Crippen MR) is 98.4 cm³/mol. The van der Waals surface area contributed by atoms with Gasteiger partial charge < -0.3 is 5.32 Å². The fourth-order valence-electron chi connectivity index (χ4n) is 2.82. The van der Waals surface area contributed by atoms with Crippen molar-refractivity contribution in [2.45, 2.75) is 23.8 Å². The summed E-state index contributed by atoms with van der Waals surface area (Å²) in [7, 11) is -3.71. The van der Waals surface area contributed by atoms with Crippen molar-refractivity contribution >= 4 is 44.8 Å². The summed E-state index contributed by atoms with van der Waals surface area (Å²) >= 11 is 11.8. The van der Waals surface area contributed by atoms with E-state index < -0.39 is 16.1 Å². The van der Waals surface area contributed by atoms with Crippen LogP contribution in [0.5, 0.6) is 0 Å². The zero-order valence-corrected chi connectivity index (χ0v) is 15.5. The molecule has 0 aromatic heterocycles. The summed E-state index contributed by atoms with van der Waals surface area (Å²) in [6.45, 7) is 0.316. The first kappa shape index (κ1) is 18.2. The van der Waals surface area contributed by atoms with Gasteiger partial charge >= 0.3 is 0 Å². The first-order valence-electron chi connectivity index (χ1n) is 7.72. The number of halogens is 2. The Bertz CT molecular complexity index is 888. The molecule has 0 radical (unpaired) electrons. The second-order valence-corrected chi connectivity index (χ2v) is 8.41. The van der Waals surface area contributed by atoms with Gasteiger partial charge in [-0.05, 0) is 43.2 Å². The standard InChI is InChI=1S/C17H16Cl2N2O3S/c18-14-9-8-12(11-15(14)19)20-17(22)16-7-4-10-21(16)25(23,24)13-5-2-1-3-6-13/h1-3,5-6,8-9,11,16H,4,7,10H2,(H,20,22). The maximum atomic E-state index is 12.8. The van der Waals surface area contributed by atoms with Gasteiger partial charge in [0.25, 0.3) is 0 Å². The van der Waals surface area contributed by atoms with E-state index in [0.29, 0.717) is 35.1 Å². The summed E-state index contributed by atoms with van der Waals surface area (Å²) in [4.78, 5) is 12.8. The molecular formula is C17H16Cl2N2O3S. The fraction of sp³-hybridized carbons (Fsp3) is 0.235. The van der Waals surface area contributed by atoms with Crippen molar-refractivity contribution < 1.29 is 13.2 Å². The van der Waals surface area contributed by atoms with Gasteiger partial charge in [-0.3, -0.25) is 4.79 Å².